The van der Waals surface area contributed by atoms with E-state index in [0.29, 0.717) is 6.61 Å². The number of aromatic nitrogens is 1. The van der Waals surface area contributed by atoms with E-state index in [2.05, 4.69) is 10.3 Å². The Labute approximate surface area is 151 Å². The lowest BCUT2D eigenvalue weighted by atomic mass is 10.1. The molecule has 1 aromatic heterocycles. The van der Waals surface area contributed by atoms with Gasteiger partial charge < -0.3 is 10.1 Å². The zero-order valence-electron chi connectivity index (χ0n) is 14.2. The molecule has 1 atom stereocenters. The maximum absolute atomic E-state index is 12.2. The second-order valence-corrected chi connectivity index (χ2v) is 6.65. The topological polar surface area (TPSA) is 51.2 Å². The highest BCUT2D eigenvalue weighted by Crippen LogP contribution is 2.22. The van der Waals surface area contributed by atoms with E-state index in [-0.39, 0.29) is 11.9 Å². The van der Waals surface area contributed by atoms with Gasteiger partial charge in [-0.05, 0) is 49.8 Å². The number of fused-ring (bicyclic) bond motifs is 1. The summed E-state index contributed by atoms with van der Waals surface area (Å²) >= 11 is 1.57. The van der Waals surface area contributed by atoms with E-state index in [0.717, 1.165) is 26.5 Å². The molecule has 0 radical (unpaired) electrons. The van der Waals surface area contributed by atoms with Gasteiger partial charge in [0, 0.05) is 6.08 Å². The fourth-order valence-corrected chi connectivity index (χ4v) is 3.36. The third-order valence-electron chi connectivity index (χ3n) is 3.72. The van der Waals surface area contributed by atoms with Gasteiger partial charge in [0.25, 0.3) is 0 Å². The number of thiazole rings is 1. The van der Waals surface area contributed by atoms with Gasteiger partial charge in [-0.15, -0.1) is 11.3 Å². The molecule has 128 valence electrons. The van der Waals surface area contributed by atoms with Crippen LogP contribution < -0.4 is 10.1 Å². The quantitative estimate of drug-likeness (QED) is 0.660. The van der Waals surface area contributed by atoms with Crippen LogP contribution in [0.3, 0.4) is 0 Å². The summed E-state index contributed by atoms with van der Waals surface area (Å²) in [7, 11) is 0. The zero-order valence-corrected chi connectivity index (χ0v) is 15.0. The molecule has 1 unspecified atom stereocenters. The number of hydrogen-bond donors (Lipinski definition) is 1. The van der Waals surface area contributed by atoms with Gasteiger partial charge in [-0.25, -0.2) is 4.98 Å². The lowest BCUT2D eigenvalue weighted by Crippen LogP contribution is -2.24. The standard InChI is InChI=1S/C20H20N2O2S/c1-3-24-16-8-6-7-15(13-16)14(2)21-19(23)11-12-20-22-17-9-4-5-10-18(17)25-20/h4-14H,3H2,1-2H3,(H,21,23)/b12-11+. The Balaban J connectivity index is 1.64. The normalized spacial score (nSPS) is 12.4. The molecule has 0 aliphatic carbocycles. The molecular weight excluding hydrogens is 332 g/mol. The van der Waals surface area contributed by atoms with E-state index in [1.807, 2.05) is 62.4 Å². The number of hydrogen-bond acceptors (Lipinski definition) is 4. The first-order chi connectivity index (χ1) is 12.2. The Morgan fingerprint density at radius 2 is 2.12 bits per heavy atom. The molecule has 3 rings (SSSR count). The molecule has 0 fully saturated rings. The van der Waals surface area contributed by atoms with Gasteiger partial charge in [0.1, 0.15) is 10.8 Å². The number of benzene rings is 2. The van der Waals surface area contributed by atoms with Crippen molar-refractivity contribution in [2.24, 2.45) is 0 Å². The first kappa shape index (κ1) is 17.2. The van der Waals surface area contributed by atoms with Crippen LogP contribution in [0.2, 0.25) is 0 Å². The van der Waals surface area contributed by atoms with Gasteiger partial charge in [0.15, 0.2) is 0 Å². The molecule has 0 bridgehead atoms. The van der Waals surface area contributed by atoms with Crippen molar-refractivity contribution in [2.75, 3.05) is 6.61 Å². The smallest absolute Gasteiger partial charge is 0.244 e. The monoisotopic (exact) mass is 352 g/mol. The van der Waals surface area contributed by atoms with Crippen LogP contribution in [-0.2, 0) is 4.79 Å². The minimum atomic E-state index is -0.145. The second-order valence-electron chi connectivity index (χ2n) is 5.59. The second kappa shape index (κ2) is 7.94. The van der Waals surface area contributed by atoms with Crippen LogP contribution in [0, 0.1) is 0 Å². The molecule has 0 spiro atoms. The van der Waals surface area contributed by atoms with E-state index in [1.165, 1.54) is 6.08 Å². The van der Waals surface area contributed by atoms with Crippen molar-refractivity contribution in [1.29, 1.82) is 0 Å². The van der Waals surface area contributed by atoms with Crippen molar-refractivity contribution < 1.29 is 9.53 Å². The summed E-state index contributed by atoms with van der Waals surface area (Å²) in [6.45, 7) is 4.52. The summed E-state index contributed by atoms with van der Waals surface area (Å²) in [5.41, 5.74) is 1.96. The van der Waals surface area contributed by atoms with Crippen molar-refractivity contribution in [3.05, 3.63) is 65.2 Å². The fourth-order valence-electron chi connectivity index (χ4n) is 2.49. The largest absolute Gasteiger partial charge is 0.494 e. The molecule has 2 aromatic carbocycles. The van der Waals surface area contributed by atoms with Crippen LogP contribution in [0.4, 0.5) is 0 Å². The van der Waals surface area contributed by atoms with Crippen molar-refractivity contribution in [2.45, 2.75) is 19.9 Å². The van der Waals surface area contributed by atoms with Gasteiger partial charge in [-0.1, -0.05) is 24.3 Å². The SMILES string of the molecule is CCOc1cccc(C(C)NC(=O)/C=C/c2nc3ccccc3s2)c1. The zero-order chi connectivity index (χ0) is 17.6. The molecule has 0 saturated heterocycles. The van der Waals surface area contributed by atoms with Gasteiger partial charge in [-0.3, -0.25) is 4.79 Å². The average Bonchev–Trinajstić information content (AvgIpc) is 3.03. The van der Waals surface area contributed by atoms with Crippen LogP contribution in [0.15, 0.2) is 54.6 Å². The molecule has 1 amide bonds. The Bertz CT molecular complexity index is 868. The molecule has 4 nitrogen and oxygen atoms in total. The number of amides is 1. The molecule has 0 saturated carbocycles. The Hall–Kier alpha value is -2.66. The number of nitrogens with zero attached hydrogens (tertiary/aromatic N) is 1. The first-order valence-electron chi connectivity index (χ1n) is 8.22. The number of nitrogens with one attached hydrogen (secondary N) is 1. The van der Waals surface area contributed by atoms with Crippen LogP contribution in [0.5, 0.6) is 5.75 Å². The third-order valence-corrected chi connectivity index (χ3v) is 4.72. The molecule has 1 heterocycles. The third kappa shape index (κ3) is 4.45. The van der Waals surface area contributed by atoms with Gasteiger partial charge in [-0.2, -0.15) is 0 Å². The van der Waals surface area contributed by atoms with E-state index in [1.54, 1.807) is 17.4 Å². The summed E-state index contributed by atoms with van der Waals surface area (Å²) in [5, 5.41) is 3.79. The van der Waals surface area contributed by atoms with E-state index in [4.69, 9.17) is 4.74 Å². The van der Waals surface area contributed by atoms with Crippen molar-refractivity contribution >= 4 is 33.5 Å². The summed E-state index contributed by atoms with van der Waals surface area (Å²) < 4.78 is 6.62. The Kier molecular flexibility index (Phi) is 5.46. The van der Waals surface area contributed by atoms with Crippen LogP contribution in [0.1, 0.15) is 30.5 Å². The van der Waals surface area contributed by atoms with Crippen LogP contribution in [-0.4, -0.2) is 17.5 Å². The molecular formula is C20H20N2O2S. The van der Waals surface area contributed by atoms with Crippen LogP contribution in [0.25, 0.3) is 16.3 Å². The summed E-state index contributed by atoms with van der Waals surface area (Å²) in [6, 6.07) is 15.6. The van der Waals surface area contributed by atoms with Crippen molar-refractivity contribution in [3.63, 3.8) is 0 Å². The number of carbonyl (C=O) groups is 1. The lowest BCUT2D eigenvalue weighted by Gasteiger charge is -2.14. The Morgan fingerprint density at radius 1 is 1.28 bits per heavy atom. The minimum absolute atomic E-state index is 0.104. The average molecular weight is 352 g/mol. The van der Waals surface area contributed by atoms with Gasteiger partial charge >= 0.3 is 0 Å². The number of ether oxygens (including phenoxy) is 1. The summed E-state index contributed by atoms with van der Waals surface area (Å²) in [6.07, 6.45) is 3.28. The molecule has 25 heavy (non-hydrogen) atoms. The van der Waals surface area contributed by atoms with Crippen molar-refractivity contribution in [3.8, 4) is 5.75 Å². The van der Waals surface area contributed by atoms with E-state index >= 15 is 0 Å². The fraction of sp³-hybridized carbons (Fsp3) is 0.200. The minimum Gasteiger partial charge on any atom is -0.494 e. The summed E-state index contributed by atoms with van der Waals surface area (Å²) in [4.78, 5) is 16.7. The molecule has 5 heteroatoms. The molecule has 3 aromatic rings. The van der Waals surface area contributed by atoms with Crippen molar-refractivity contribution in [1.82, 2.24) is 10.3 Å². The molecule has 1 N–H and O–H groups in total. The number of para-hydroxylation sites is 1. The van der Waals surface area contributed by atoms with Gasteiger partial charge in [0.2, 0.25) is 5.91 Å². The highest BCUT2D eigenvalue weighted by molar-refractivity contribution is 7.19. The highest BCUT2D eigenvalue weighted by atomic mass is 32.1. The predicted octanol–water partition coefficient (Wildman–Crippen LogP) is 4.59. The molecule has 0 aliphatic rings. The predicted molar refractivity (Wildman–Crippen MR) is 103 cm³/mol. The van der Waals surface area contributed by atoms with E-state index < -0.39 is 0 Å². The molecule has 0 aliphatic heterocycles. The Morgan fingerprint density at radius 3 is 2.92 bits per heavy atom. The lowest BCUT2D eigenvalue weighted by molar-refractivity contribution is -0.117. The maximum atomic E-state index is 12.2. The van der Waals surface area contributed by atoms with E-state index in [9.17, 15) is 4.79 Å². The van der Waals surface area contributed by atoms with Gasteiger partial charge in [0.05, 0.1) is 22.9 Å². The highest BCUT2D eigenvalue weighted by Gasteiger charge is 2.09. The first-order valence-corrected chi connectivity index (χ1v) is 9.04. The number of rotatable bonds is 6. The number of carbonyl (C=O) groups excluding carboxylic acids is 1. The van der Waals surface area contributed by atoms with Crippen LogP contribution >= 0.6 is 11.3 Å². The summed E-state index contributed by atoms with van der Waals surface area (Å²) in [5.74, 6) is 0.666. The maximum Gasteiger partial charge on any atom is 0.244 e.